The highest BCUT2D eigenvalue weighted by molar-refractivity contribution is 5.92. The third kappa shape index (κ3) is 3.86. The van der Waals surface area contributed by atoms with Gasteiger partial charge in [-0.3, -0.25) is 4.99 Å². The highest BCUT2D eigenvalue weighted by atomic mass is 14.8. The number of benzene rings is 3. The molecule has 1 aliphatic rings. The summed E-state index contributed by atoms with van der Waals surface area (Å²) in [6.45, 7) is 10.5. The Morgan fingerprint density at radius 2 is 1.59 bits per heavy atom. The molecule has 0 unspecified atom stereocenters. The fraction of sp³-hybridized carbons (Fsp3) is 0.179. The molecule has 0 fully saturated rings. The molecule has 1 heteroatoms. The van der Waals surface area contributed by atoms with E-state index in [1.807, 2.05) is 6.92 Å². The lowest BCUT2D eigenvalue weighted by molar-refractivity contribution is 0.834. The van der Waals surface area contributed by atoms with E-state index in [1.54, 1.807) is 0 Å². The highest BCUT2D eigenvalue weighted by Gasteiger charge is 2.25. The van der Waals surface area contributed by atoms with Gasteiger partial charge >= 0.3 is 0 Å². The van der Waals surface area contributed by atoms with Gasteiger partial charge in [0, 0.05) is 11.6 Å². The molecule has 144 valence electrons. The van der Waals surface area contributed by atoms with Crippen molar-refractivity contribution in [3.05, 3.63) is 119 Å². The number of allylic oxidation sites excluding steroid dienone is 2. The molecular weight excluding hydrogens is 350 g/mol. The number of aliphatic imine (C=N–C) groups is 1. The van der Waals surface area contributed by atoms with Crippen molar-refractivity contribution >= 4 is 17.0 Å². The third-order valence-corrected chi connectivity index (χ3v) is 5.61. The van der Waals surface area contributed by atoms with Crippen LogP contribution in [-0.2, 0) is 0 Å². The largest absolute Gasteiger partial charge is 0.257 e. The third-order valence-electron chi connectivity index (χ3n) is 5.61. The SMILES string of the molecule is C=C(C)/C=C(/c1ccccc1)c1ccc2c(c1C)N=C(C)C[C@H]2c1ccccc1. The first-order chi connectivity index (χ1) is 14.0. The van der Waals surface area contributed by atoms with E-state index < -0.39 is 0 Å². The first kappa shape index (κ1) is 19.1. The molecule has 29 heavy (non-hydrogen) atoms. The summed E-state index contributed by atoms with van der Waals surface area (Å²) in [5.74, 6) is 0.363. The van der Waals surface area contributed by atoms with Crippen LogP contribution in [-0.4, -0.2) is 5.71 Å². The number of hydrogen-bond donors (Lipinski definition) is 0. The predicted molar refractivity (Wildman–Crippen MR) is 125 cm³/mol. The van der Waals surface area contributed by atoms with E-state index >= 15 is 0 Å². The number of nitrogens with zero attached hydrogens (tertiary/aromatic N) is 1. The molecule has 1 heterocycles. The maximum Gasteiger partial charge on any atom is 0.0702 e. The van der Waals surface area contributed by atoms with Crippen molar-refractivity contribution in [2.24, 2.45) is 4.99 Å². The Balaban J connectivity index is 1.89. The molecule has 3 aromatic carbocycles. The lowest BCUT2D eigenvalue weighted by Gasteiger charge is -2.27. The standard InChI is InChI=1S/C28H27N/c1-19(2)17-26(22-11-7-5-8-12-22)24-15-16-25-27(23-13-9-6-10-14-23)18-20(3)29-28(25)21(24)4/h5-17,27H,1,18H2,2-4H3/b26-17-/t27-/m0/s1. The minimum Gasteiger partial charge on any atom is -0.257 e. The van der Waals surface area contributed by atoms with Gasteiger partial charge in [-0.1, -0.05) is 91.0 Å². The lowest BCUT2D eigenvalue weighted by atomic mass is 9.81. The van der Waals surface area contributed by atoms with E-state index in [4.69, 9.17) is 4.99 Å². The Morgan fingerprint density at radius 1 is 0.931 bits per heavy atom. The Hall–Kier alpha value is -3.19. The van der Waals surface area contributed by atoms with Gasteiger partial charge in [-0.2, -0.15) is 0 Å². The van der Waals surface area contributed by atoms with Gasteiger partial charge in [0.05, 0.1) is 5.69 Å². The van der Waals surface area contributed by atoms with Crippen LogP contribution in [0.5, 0.6) is 0 Å². The predicted octanol–water partition coefficient (Wildman–Crippen LogP) is 7.63. The molecule has 0 bridgehead atoms. The van der Waals surface area contributed by atoms with Crippen LogP contribution in [0.3, 0.4) is 0 Å². The van der Waals surface area contributed by atoms with Gasteiger partial charge in [-0.25, -0.2) is 0 Å². The molecule has 0 amide bonds. The van der Waals surface area contributed by atoms with Gasteiger partial charge in [-0.15, -0.1) is 0 Å². The van der Waals surface area contributed by atoms with Gasteiger partial charge in [0.15, 0.2) is 0 Å². The minimum absolute atomic E-state index is 0.363. The second-order valence-corrected chi connectivity index (χ2v) is 7.96. The van der Waals surface area contributed by atoms with Gasteiger partial charge < -0.3 is 0 Å². The molecule has 3 aromatic rings. The van der Waals surface area contributed by atoms with Gasteiger partial charge in [0.2, 0.25) is 0 Å². The molecular formula is C28H27N. The fourth-order valence-electron chi connectivity index (χ4n) is 4.25. The summed E-state index contributed by atoms with van der Waals surface area (Å²) in [6, 6.07) is 25.9. The van der Waals surface area contributed by atoms with Crippen LogP contribution < -0.4 is 0 Å². The van der Waals surface area contributed by atoms with Crippen molar-refractivity contribution in [2.75, 3.05) is 0 Å². The van der Waals surface area contributed by atoms with E-state index in [0.29, 0.717) is 5.92 Å². The van der Waals surface area contributed by atoms with Crippen LogP contribution in [0.15, 0.2) is 96.0 Å². The summed E-state index contributed by atoms with van der Waals surface area (Å²) in [7, 11) is 0. The number of hydrogen-bond acceptors (Lipinski definition) is 1. The Morgan fingerprint density at radius 3 is 2.24 bits per heavy atom. The fourth-order valence-corrected chi connectivity index (χ4v) is 4.25. The molecule has 0 saturated carbocycles. The minimum atomic E-state index is 0.363. The smallest absolute Gasteiger partial charge is 0.0702 e. The van der Waals surface area contributed by atoms with Crippen molar-refractivity contribution in [2.45, 2.75) is 33.1 Å². The average Bonchev–Trinajstić information content (AvgIpc) is 2.74. The first-order valence-electron chi connectivity index (χ1n) is 10.2. The lowest BCUT2D eigenvalue weighted by Crippen LogP contribution is -2.12. The maximum absolute atomic E-state index is 5.00. The first-order valence-corrected chi connectivity index (χ1v) is 10.2. The summed E-state index contributed by atoms with van der Waals surface area (Å²) in [6.07, 6.45) is 3.15. The zero-order valence-corrected chi connectivity index (χ0v) is 17.4. The number of rotatable bonds is 4. The van der Waals surface area contributed by atoms with Crippen molar-refractivity contribution in [1.82, 2.24) is 0 Å². The van der Waals surface area contributed by atoms with Crippen LogP contribution in [0.4, 0.5) is 5.69 Å². The molecule has 0 spiro atoms. The van der Waals surface area contributed by atoms with Crippen LogP contribution in [0.1, 0.15) is 54.0 Å². The Labute approximate surface area is 174 Å². The molecule has 0 N–H and O–H groups in total. The van der Waals surface area contributed by atoms with E-state index in [2.05, 4.69) is 99.3 Å². The van der Waals surface area contributed by atoms with E-state index in [1.165, 1.54) is 39.1 Å². The highest BCUT2D eigenvalue weighted by Crippen LogP contribution is 2.43. The van der Waals surface area contributed by atoms with E-state index in [9.17, 15) is 0 Å². The summed E-state index contributed by atoms with van der Waals surface area (Å²) in [4.78, 5) is 5.00. The zero-order valence-electron chi connectivity index (χ0n) is 17.4. The normalized spacial score (nSPS) is 16.2. The Bertz CT molecular complexity index is 1100. The molecule has 0 saturated heterocycles. The molecule has 1 aliphatic heterocycles. The van der Waals surface area contributed by atoms with E-state index in [0.717, 1.165) is 17.7 Å². The van der Waals surface area contributed by atoms with E-state index in [-0.39, 0.29) is 0 Å². The van der Waals surface area contributed by atoms with Crippen LogP contribution >= 0.6 is 0 Å². The molecule has 1 nitrogen and oxygen atoms in total. The van der Waals surface area contributed by atoms with Crippen molar-refractivity contribution in [1.29, 1.82) is 0 Å². The summed E-state index contributed by atoms with van der Waals surface area (Å²) < 4.78 is 0. The van der Waals surface area contributed by atoms with Crippen molar-refractivity contribution < 1.29 is 0 Å². The van der Waals surface area contributed by atoms with Gasteiger partial charge in [-0.05, 0) is 60.6 Å². The quantitative estimate of drug-likeness (QED) is 0.414. The monoisotopic (exact) mass is 377 g/mol. The van der Waals surface area contributed by atoms with Crippen LogP contribution in [0.25, 0.3) is 5.57 Å². The second kappa shape index (κ2) is 8.05. The molecule has 4 rings (SSSR count). The summed E-state index contributed by atoms with van der Waals surface area (Å²) in [5, 5.41) is 0. The molecule has 0 radical (unpaired) electrons. The van der Waals surface area contributed by atoms with Gasteiger partial charge in [0.1, 0.15) is 0 Å². The van der Waals surface area contributed by atoms with Gasteiger partial charge in [0.25, 0.3) is 0 Å². The molecule has 0 aromatic heterocycles. The molecule has 0 aliphatic carbocycles. The Kier molecular flexibility index (Phi) is 5.31. The van der Waals surface area contributed by atoms with Crippen molar-refractivity contribution in [3.63, 3.8) is 0 Å². The molecule has 1 atom stereocenters. The topological polar surface area (TPSA) is 12.4 Å². The maximum atomic E-state index is 5.00. The van der Waals surface area contributed by atoms with Crippen LogP contribution in [0, 0.1) is 6.92 Å². The second-order valence-electron chi connectivity index (χ2n) is 7.96. The van der Waals surface area contributed by atoms with Crippen LogP contribution in [0.2, 0.25) is 0 Å². The zero-order chi connectivity index (χ0) is 20.4. The number of fused-ring (bicyclic) bond motifs is 1. The van der Waals surface area contributed by atoms with Crippen molar-refractivity contribution in [3.8, 4) is 0 Å². The average molecular weight is 378 g/mol. The summed E-state index contributed by atoms with van der Waals surface area (Å²) >= 11 is 0. The summed E-state index contributed by atoms with van der Waals surface area (Å²) in [5.41, 5.74) is 10.9.